The number of fused-ring (bicyclic) bond motifs is 1. The van der Waals surface area contributed by atoms with E-state index in [-0.39, 0.29) is 0 Å². The van der Waals surface area contributed by atoms with Crippen LogP contribution in [0.4, 0.5) is 0 Å². The lowest BCUT2D eigenvalue weighted by Crippen LogP contribution is -2.39. The summed E-state index contributed by atoms with van der Waals surface area (Å²) in [6, 6.07) is 2.48. The molecule has 1 aliphatic heterocycles. The molecule has 0 aromatic carbocycles. The summed E-state index contributed by atoms with van der Waals surface area (Å²) in [4.78, 5) is 14.8. The van der Waals surface area contributed by atoms with Crippen molar-refractivity contribution in [2.24, 2.45) is 0 Å². The van der Waals surface area contributed by atoms with Gasteiger partial charge in [0.1, 0.15) is 5.82 Å². The Hall–Kier alpha value is -1.46. The highest BCUT2D eigenvalue weighted by atomic mass is 16.5. The van der Waals surface area contributed by atoms with E-state index in [0.29, 0.717) is 12.1 Å². The fraction of sp³-hybridized carbons (Fsp3) is 0.647. The third-order valence-electron chi connectivity index (χ3n) is 4.44. The summed E-state index contributed by atoms with van der Waals surface area (Å²) in [5.41, 5.74) is 3.05. The van der Waals surface area contributed by atoms with Gasteiger partial charge in [-0.25, -0.2) is 9.97 Å². The fourth-order valence-electron chi connectivity index (χ4n) is 3.02. The standard InChI is InChI=1S/C17H26N4O/c1-12(2)21(10-14-6-4-5-9-22-14)11-15-19-16-13(3)7-8-18-17(16)20-15/h7-8,12,14H,4-6,9-11H2,1-3H3,(H,18,19,20). The summed E-state index contributed by atoms with van der Waals surface area (Å²) >= 11 is 0. The summed E-state index contributed by atoms with van der Waals surface area (Å²) < 4.78 is 5.89. The Morgan fingerprint density at radius 3 is 2.95 bits per heavy atom. The van der Waals surface area contributed by atoms with Crippen molar-refractivity contribution in [3.63, 3.8) is 0 Å². The van der Waals surface area contributed by atoms with Gasteiger partial charge in [0, 0.05) is 25.4 Å². The molecule has 0 spiro atoms. The van der Waals surface area contributed by atoms with Gasteiger partial charge in [-0.05, 0) is 51.7 Å². The number of hydrogen-bond donors (Lipinski definition) is 1. The zero-order chi connectivity index (χ0) is 15.5. The molecule has 1 fully saturated rings. The van der Waals surface area contributed by atoms with Crippen LogP contribution < -0.4 is 0 Å². The third-order valence-corrected chi connectivity index (χ3v) is 4.44. The largest absolute Gasteiger partial charge is 0.377 e. The van der Waals surface area contributed by atoms with E-state index in [1.165, 1.54) is 24.8 Å². The molecule has 2 aromatic rings. The Balaban J connectivity index is 1.72. The van der Waals surface area contributed by atoms with E-state index in [1.807, 2.05) is 12.3 Å². The number of aromatic amines is 1. The number of aromatic nitrogens is 3. The smallest absolute Gasteiger partial charge is 0.178 e. The summed E-state index contributed by atoms with van der Waals surface area (Å²) in [7, 11) is 0. The molecule has 5 nitrogen and oxygen atoms in total. The Morgan fingerprint density at radius 2 is 2.27 bits per heavy atom. The number of hydrogen-bond acceptors (Lipinski definition) is 4. The number of imidazole rings is 1. The van der Waals surface area contributed by atoms with Gasteiger partial charge in [-0.3, -0.25) is 4.90 Å². The molecule has 0 aliphatic carbocycles. The van der Waals surface area contributed by atoms with Crippen LogP contribution in [0.3, 0.4) is 0 Å². The van der Waals surface area contributed by atoms with E-state index in [1.54, 1.807) is 0 Å². The molecule has 22 heavy (non-hydrogen) atoms. The quantitative estimate of drug-likeness (QED) is 0.922. The van der Waals surface area contributed by atoms with Gasteiger partial charge in [0.2, 0.25) is 0 Å². The zero-order valence-corrected chi connectivity index (χ0v) is 13.8. The van der Waals surface area contributed by atoms with Crippen LogP contribution in [0.25, 0.3) is 11.2 Å². The Labute approximate surface area is 132 Å². The first kappa shape index (κ1) is 15.4. The van der Waals surface area contributed by atoms with E-state index in [4.69, 9.17) is 4.74 Å². The minimum atomic E-state index is 0.361. The highest BCUT2D eigenvalue weighted by Gasteiger charge is 2.21. The molecule has 1 N–H and O–H groups in total. The van der Waals surface area contributed by atoms with Crippen molar-refractivity contribution in [1.82, 2.24) is 19.9 Å². The van der Waals surface area contributed by atoms with Crippen LogP contribution in [0.2, 0.25) is 0 Å². The third kappa shape index (κ3) is 3.47. The Bertz CT molecular complexity index is 616. The van der Waals surface area contributed by atoms with Crippen molar-refractivity contribution in [2.45, 2.75) is 58.7 Å². The first-order valence-electron chi connectivity index (χ1n) is 8.29. The van der Waals surface area contributed by atoms with Gasteiger partial charge in [0.15, 0.2) is 5.65 Å². The van der Waals surface area contributed by atoms with Crippen LogP contribution in [-0.2, 0) is 11.3 Å². The van der Waals surface area contributed by atoms with E-state index < -0.39 is 0 Å². The number of pyridine rings is 1. The number of nitrogens with zero attached hydrogens (tertiary/aromatic N) is 3. The van der Waals surface area contributed by atoms with Gasteiger partial charge < -0.3 is 9.72 Å². The molecule has 0 amide bonds. The van der Waals surface area contributed by atoms with Crippen molar-refractivity contribution in [3.05, 3.63) is 23.7 Å². The molecule has 0 saturated carbocycles. The summed E-state index contributed by atoms with van der Waals surface area (Å²) in [5.74, 6) is 0.987. The van der Waals surface area contributed by atoms with Gasteiger partial charge >= 0.3 is 0 Å². The fourth-order valence-corrected chi connectivity index (χ4v) is 3.02. The van der Waals surface area contributed by atoms with Gasteiger partial charge in [0.05, 0.1) is 18.2 Å². The number of aryl methyl sites for hydroxylation is 1. The van der Waals surface area contributed by atoms with Gasteiger partial charge in [0.25, 0.3) is 0 Å². The average molecular weight is 302 g/mol. The van der Waals surface area contributed by atoms with Crippen LogP contribution in [-0.4, -0.2) is 45.1 Å². The molecule has 5 heteroatoms. The van der Waals surface area contributed by atoms with Crippen molar-refractivity contribution < 1.29 is 4.74 Å². The van der Waals surface area contributed by atoms with Gasteiger partial charge in [-0.15, -0.1) is 0 Å². The molecular weight excluding hydrogens is 276 g/mol. The molecule has 0 radical (unpaired) electrons. The number of rotatable bonds is 5. The lowest BCUT2D eigenvalue weighted by molar-refractivity contribution is -0.0133. The zero-order valence-electron chi connectivity index (χ0n) is 13.8. The Kier molecular flexibility index (Phi) is 4.74. The summed E-state index contributed by atoms with van der Waals surface area (Å²) in [5, 5.41) is 0. The van der Waals surface area contributed by atoms with Crippen molar-refractivity contribution in [3.8, 4) is 0 Å². The summed E-state index contributed by atoms with van der Waals surface area (Å²) in [6.45, 7) is 9.24. The first-order chi connectivity index (χ1) is 10.6. The molecule has 120 valence electrons. The normalized spacial score (nSPS) is 19.4. The molecule has 0 bridgehead atoms. The molecule has 1 saturated heterocycles. The van der Waals surface area contributed by atoms with Crippen LogP contribution in [0.5, 0.6) is 0 Å². The van der Waals surface area contributed by atoms with Gasteiger partial charge in [-0.1, -0.05) is 0 Å². The van der Waals surface area contributed by atoms with E-state index >= 15 is 0 Å². The molecule has 3 heterocycles. The Morgan fingerprint density at radius 1 is 1.41 bits per heavy atom. The number of ether oxygens (including phenoxy) is 1. The minimum Gasteiger partial charge on any atom is -0.377 e. The highest BCUT2D eigenvalue weighted by molar-refractivity contribution is 5.74. The molecule has 1 atom stereocenters. The molecule has 1 unspecified atom stereocenters. The second kappa shape index (κ2) is 6.75. The number of H-pyrrole nitrogens is 1. The lowest BCUT2D eigenvalue weighted by atomic mass is 10.1. The SMILES string of the molecule is Cc1ccnc2nc(CN(CC3CCCCO3)C(C)C)[nH]c12. The van der Waals surface area contributed by atoms with Crippen LogP contribution >= 0.6 is 0 Å². The molecule has 2 aromatic heterocycles. The minimum absolute atomic E-state index is 0.361. The predicted molar refractivity (Wildman–Crippen MR) is 87.8 cm³/mol. The average Bonchev–Trinajstić information content (AvgIpc) is 2.92. The maximum absolute atomic E-state index is 5.89. The predicted octanol–water partition coefficient (Wildman–Crippen LogP) is 3.05. The molecular formula is C17H26N4O. The van der Waals surface area contributed by atoms with Crippen molar-refractivity contribution in [1.29, 1.82) is 0 Å². The number of nitrogens with one attached hydrogen (secondary N) is 1. The van der Waals surface area contributed by atoms with Crippen LogP contribution in [0.15, 0.2) is 12.3 Å². The van der Waals surface area contributed by atoms with Crippen molar-refractivity contribution >= 4 is 11.2 Å². The van der Waals surface area contributed by atoms with Crippen LogP contribution in [0, 0.1) is 6.92 Å². The second-order valence-corrected chi connectivity index (χ2v) is 6.52. The van der Waals surface area contributed by atoms with E-state index in [2.05, 4.69) is 40.6 Å². The monoisotopic (exact) mass is 302 g/mol. The maximum Gasteiger partial charge on any atom is 0.178 e. The highest BCUT2D eigenvalue weighted by Crippen LogP contribution is 2.18. The maximum atomic E-state index is 5.89. The first-order valence-corrected chi connectivity index (χ1v) is 8.29. The molecule has 3 rings (SSSR count). The lowest BCUT2D eigenvalue weighted by Gasteiger charge is -2.31. The van der Waals surface area contributed by atoms with Crippen molar-refractivity contribution in [2.75, 3.05) is 13.2 Å². The van der Waals surface area contributed by atoms with Gasteiger partial charge in [-0.2, -0.15) is 0 Å². The van der Waals surface area contributed by atoms with E-state index in [0.717, 1.165) is 36.7 Å². The summed E-state index contributed by atoms with van der Waals surface area (Å²) in [6.07, 6.45) is 5.83. The second-order valence-electron chi connectivity index (χ2n) is 6.52. The van der Waals surface area contributed by atoms with Crippen LogP contribution in [0.1, 0.15) is 44.5 Å². The van der Waals surface area contributed by atoms with E-state index in [9.17, 15) is 0 Å². The molecule has 1 aliphatic rings. The topological polar surface area (TPSA) is 54.0 Å².